The molecule has 2 aliphatic rings. The largest absolute Gasteiger partial charge is 0.489 e. The smallest absolute Gasteiger partial charge is 0.356 e. The van der Waals surface area contributed by atoms with Gasteiger partial charge >= 0.3 is 12.0 Å². The molecular weight excluding hydrogens is 450 g/mol. The minimum atomic E-state index is -1.16. The molecule has 1 aromatic heterocycles. The van der Waals surface area contributed by atoms with Gasteiger partial charge in [0.15, 0.2) is 5.69 Å². The van der Waals surface area contributed by atoms with Gasteiger partial charge in [0.05, 0.1) is 23.3 Å². The van der Waals surface area contributed by atoms with Crippen LogP contribution in [0.5, 0.6) is 5.75 Å². The molecule has 10 heteroatoms. The maximum atomic E-state index is 12.7. The van der Waals surface area contributed by atoms with Crippen molar-refractivity contribution in [1.82, 2.24) is 14.7 Å². The maximum absolute atomic E-state index is 12.7. The van der Waals surface area contributed by atoms with Crippen molar-refractivity contribution in [2.75, 3.05) is 19.7 Å². The second kappa shape index (κ2) is 9.32. The number of fused-ring (bicyclic) bond motifs is 1. The second-order valence-corrected chi connectivity index (χ2v) is 9.77. The van der Waals surface area contributed by atoms with Crippen LogP contribution in [-0.4, -0.2) is 68.3 Å². The molecule has 33 heavy (non-hydrogen) atoms. The van der Waals surface area contributed by atoms with Crippen LogP contribution in [0.15, 0.2) is 30.5 Å². The minimum Gasteiger partial charge on any atom is -0.489 e. The Hall–Kier alpha value is -2.62. The van der Waals surface area contributed by atoms with E-state index in [0.29, 0.717) is 42.3 Å². The Morgan fingerprint density at radius 2 is 1.91 bits per heavy atom. The summed E-state index contributed by atoms with van der Waals surface area (Å²) in [5.74, 6) is 0.0343. The van der Waals surface area contributed by atoms with Crippen molar-refractivity contribution in [2.24, 2.45) is 11.8 Å². The third-order valence-corrected chi connectivity index (χ3v) is 6.51. The highest BCUT2D eigenvalue weighted by molar-refractivity contribution is 6.32. The van der Waals surface area contributed by atoms with Crippen molar-refractivity contribution in [3.8, 4) is 5.75 Å². The quantitative estimate of drug-likeness (QED) is 0.628. The van der Waals surface area contributed by atoms with E-state index in [1.165, 1.54) is 12.3 Å². The lowest BCUT2D eigenvalue weighted by molar-refractivity contribution is 0.0279. The lowest BCUT2D eigenvalue weighted by Gasteiger charge is -2.20. The molecule has 2 aromatic rings. The van der Waals surface area contributed by atoms with E-state index in [4.69, 9.17) is 26.2 Å². The number of halogens is 1. The van der Waals surface area contributed by atoms with Crippen molar-refractivity contribution in [1.29, 1.82) is 0 Å². The van der Waals surface area contributed by atoms with E-state index in [1.54, 1.807) is 24.8 Å². The lowest BCUT2D eigenvalue weighted by atomic mass is 10.0. The Morgan fingerprint density at radius 1 is 1.21 bits per heavy atom. The fraction of sp³-hybridized carbons (Fsp3) is 0.522. The fourth-order valence-corrected chi connectivity index (χ4v) is 4.70. The van der Waals surface area contributed by atoms with Crippen molar-refractivity contribution < 1.29 is 29.3 Å². The van der Waals surface area contributed by atoms with Crippen LogP contribution in [-0.2, 0) is 11.3 Å². The number of carboxylic acid groups (broad SMARTS) is 1. The zero-order chi connectivity index (χ0) is 23.8. The van der Waals surface area contributed by atoms with Gasteiger partial charge in [0.25, 0.3) is 0 Å². The zero-order valence-electron chi connectivity index (χ0n) is 18.6. The number of aliphatic hydroxyl groups is 1. The third kappa shape index (κ3) is 5.48. The van der Waals surface area contributed by atoms with E-state index < -0.39 is 11.6 Å². The SMILES string of the molecule is CC(C)(O)COc1cccc(COC2C[C@@H]3CN(C(=O)n4ccc(C(=O)O)n4)C[C@@H]3C2)c1Cl. The highest BCUT2D eigenvalue weighted by Gasteiger charge is 2.43. The number of hydrogen-bond acceptors (Lipinski definition) is 6. The van der Waals surface area contributed by atoms with Gasteiger partial charge in [-0.2, -0.15) is 9.78 Å². The molecule has 1 aliphatic heterocycles. The first-order chi connectivity index (χ1) is 15.6. The molecule has 2 N–H and O–H groups in total. The van der Waals surface area contributed by atoms with Gasteiger partial charge in [-0.15, -0.1) is 0 Å². The van der Waals surface area contributed by atoms with Crippen molar-refractivity contribution in [3.05, 3.63) is 46.7 Å². The molecule has 2 heterocycles. The number of aromatic carboxylic acids is 1. The van der Waals surface area contributed by atoms with Crippen molar-refractivity contribution >= 4 is 23.6 Å². The predicted molar refractivity (Wildman–Crippen MR) is 120 cm³/mol. The molecule has 9 nitrogen and oxygen atoms in total. The van der Waals surface area contributed by atoms with Gasteiger partial charge in [-0.25, -0.2) is 9.59 Å². The van der Waals surface area contributed by atoms with Crippen LogP contribution in [0.1, 0.15) is 42.7 Å². The number of rotatable bonds is 7. The van der Waals surface area contributed by atoms with Gasteiger partial charge in [-0.1, -0.05) is 23.7 Å². The molecule has 0 bridgehead atoms. The Kier molecular flexibility index (Phi) is 6.65. The van der Waals surface area contributed by atoms with E-state index in [1.807, 2.05) is 12.1 Å². The summed E-state index contributed by atoms with van der Waals surface area (Å²) < 4.78 is 12.9. The number of hydrogen-bond donors (Lipinski definition) is 2. The Labute approximate surface area is 196 Å². The molecule has 0 spiro atoms. The normalized spacial score (nSPS) is 22.4. The molecular formula is C23H28ClN3O6. The van der Waals surface area contributed by atoms with Crippen LogP contribution >= 0.6 is 11.6 Å². The average molecular weight is 478 g/mol. The molecule has 4 rings (SSSR count). The Morgan fingerprint density at radius 3 is 2.52 bits per heavy atom. The monoisotopic (exact) mass is 477 g/mol. The molecule has 1 unspecified atom stereocenters. The van der Waals surface area contributed by atoms with Crippen LogP contribution in [0.4, 0.5) is 4.79 Å². The first kappa shape index (κ1) is 23.5. The topological polar surface area (TPSA) is 114 Å². The fourth-order valence-electron chi connectivity index (χ4n) is 4.47. The van der Waals surface area contributed by atoms with E-state index >= 15 is 0 Å². The molecule has 1 aliphatic carbocycles. The van der Waals surface area contributed by atoms with Crippen LogP contribution in [0.2, 0.25) is 5.02 Å². The van der Waals surface area contributed by atoms with E-state index in [0.717, 1.165) is 23.1 Å². The van der Waals surface area contributed by atoms with Crippen LogP contribution in [0, 0.1) is 11.8 Å². The summed E-state index contributed by atoms with van der Waals surface area (Å²) in [5.41, 5.74) is -0.279. The number of nitrogens with zero attached hydrogens (tertiary/aromatic N) is 3. The highest BCUT2D eigenvalue weighted by atomic mass is 35.5. The number of carboxylic acids is 1. The van der Waals surface area contributed by atoms with Gasteiger partial charge in [0.2, 0.25) is 0 Å². The summed E-state index contributed by atoms with van der Waals surface area (Å²) in [6.45, 7) is 5.04. The zero-order valence-corrected chi connectivity index (χ0v) is 19.4. The first-order valence-corrected chi connectivity index (χ1v) is 11.3. The Balaban J connectivity index is 1.28. The summed E-state index contributed by atoms with van der Waals surface area (Å²) in [5, 5.41) is 23.2. The Bertz CT molecular complexity index is 1020. The van der Waals surface area contributed by atoms with E-state index in [2.05, 4.69) is 5.10 Å². The number of benzene rings is 1. The van der Waals surface area contributed by atoms with Crippen molar-refractivity contribution in [2.45, 2.75) is 45.0 Å². The number of carbonyl (C=O) groups excluding carboxylic acids is 1. The lowest BCUT2D eigenvalue weighted by Crippen LogP contribution is -2.34. The van der Waals surface area contributed by atoms with Gasteiger partial charge in [-0.3, -0.25) is 0 Å². The number of ether oxygens (including phenoxy) is 2. The summed E-state index contributed by atoms with van der Waals surface area (Å²) in [6.07, 6.45) is 3.16. The molecule has 3 atom stereocenters. The van der Waals surface area contributed by atoms with Crippen LogP contribution in [0.25, 0.3) is 0 Å². The molecule has 178 valence electrons. The van der Waals surface area contributed by atoms with Gasteiger partial charge in [0.1, 0.15) is 12.4 Å². The average Bonchev–Trinajstić information content (AvgIpc) is 3.46. The molecule has 1 aromatic carbocycles. The number of amides is 1. The summed E-state index contributed by atoms with van der Waals surface area (Å²) in [6, 6.07) is 6.52. The number of carbonyl (C=O) groups is 2. The highest BCUT2D eigenvalue weighted by Crippen LogP contribution is 2.40. The number of aromatic nitrogens is 2. The summed E-state index contributed by atoms with van der Waals surface area (Å²) >= 11 is 6.48. The molecule has 0 radical (unpaired) electrons. The molecule has 1 amide bonds. The van der Waals surface area contributed by atoms with E-state index in [-0.39, 0.29) is 24.4 Å². The maximum Gasteiger partial charge on any atom is 0.356 e. The van der Waals surface area contributed by atoms with Gasteiger partial charge in [-0.05, 0) is 50.7 Å². The van der Waals surface area contributed by atoms with E-state index in [9.17, 15) is 14.7 Å². The minimum absolute atomic E-state index is 0.0811. The summed E-state index contributed by atoms with van der Waals surface area (Å²) in [7, 11) is 0. The molecule has 1 saturated carbocycles. The van der Waals surface area contributed by atoms with Gasteiger partial charge < -0.3 is 24.6 Å². The predicted octanol–water partition coefficient (Wildman–Crippen LogP) is 3.28. The number of likely N-dealkylation sites (tertiary alicyclic amines) is 1. The second-order valence-electron chi connectivity index (χ2n) is 9.39. The standard InChI is InChI=1S/C23H28ClN3O6/c1-23(2,31)13-33-19-5-3-4-14(20(19)24)12-32-17-8-15-10-26(11-16(15)9-17)22(30)27-7-6-18(25-27)21(28)29/h3-7,15-17,31H,8-13H2,1-2H3,(H,28,29)/t15-,16+,17?. The van der Waals surface area contributed by atoms with Crippen molar-refractivity contribution in [3.63, 3.8) is 0 Å². The first-order valence-electron chi connectivity index (χ1n) is 10.9. The van der Waals surface area contributed by atoms with Crippen LogP contribution < -0.4 is 4.74 Å². The van der Waals surface area contributed by atoms with Crippen LogP contribution in [0.3, 0.4) is 0 Å². The van der Waals surface area contributed by atoms with Gasteiger partial charge in [0, 0.05) is 24.8 Å². The molecule has 2 fully saturated rings. The molecule has 1 saturated heterocycles. The third-order valence-electron chi connectivity index (χ3n) is 6.08. The summed E-state index contributed by atoms with van der Waals surface area (Å²) in [4.78, 5) is 25.4.